The van der Waals surface area contributed by atoms with Gasteiger partial charge in [0.2, 0.25) is 0 Å². The van der Waals surface area contributed by atoms with Crippen molar-refractivity contribution in [2.24, 2.45) is 0 Å². The summed E-state index contributed by atoms with van der Waals surface area (Å²) in [5.74, 6) is 0. The molecule has 0 aliphatic carbocycles. The van der Waals surface area contributed by atoms with E-state index in [0.29, 0.717) is 0 Å². The molecule has 4 heteroatoms. The molecular formula is C3H4F2OS. The molecule has 2 atom stereocenters. The zero-order chi connectivity index (χ0) is 5.44. The summed E-state index contributed by atoms with van der Waals surface area (Å²) in [5.41, 5.74) is -0.514. The van der Waals surface area contributed by atoms with Gasteiger partial charge in [0.05, 0.1) is 0 Å². The third-order valence-electron chi connectivity index (χ3n) is 0.749. The van der Waals surface area contributed by atoms with Crippen LogP contribution in [0, 0.1) is 0 Å². The highest BCUT2D eigenvalue weighted by atomic mass is 32.1. The van der Waals surface area contributed by atoms with Crippen LogP contribution in [0.1, 0.15) is 0 Å². The second kappa shape index (κ2) is 1.59. The summed E-state index contributed by atoms with van der Waals surface area (Å²) in [5, 5.41) is 0. The van der Waals surface area contributed by atoms with E-state index < -0.39 is 18.0 Å². The number of alkyl halides is 2. The maximum absolute atomic E-state index is 11.3. The molecule has 0 bridgehead atoms. The molecule has 42 valence electrons. The summed E-state index contributed by atoms with van der Waals surface area (Å²) in [4.78, 5) is 0. The van der Waals surface area contributed by atoms with Crippen molar-refractivity contribution in [3.63, 3.8) is 0 Å². The zero-order valence-corrected chi connectivity index (χ0v) is 4.24. The lowest BCUT2D eigenvalue weighted by Crippen LogP contribution is -2.00. The van der Waals surface area contributed by atoms with Gasteiger partial charge < -0.3 is 4.74 Å². The fourth-order valence-corrected chi connectivity index (χ4v) is 0.570. The summed E-state index contributed by atoms with van der Waals surface area (Å²) in [6.45, 7) is 0. The van der Waals surface area contributed by atoms with Crippen molar-refractivity contribution in [2.45, 2.75) is 18.0 Å². The summed E-state index contributed by atoms with van der Waals surface area (Å²) in [6.07, 6.45) is -3.26. The molecule has 1 aliphatic rings. The van der Waals surface area contributed by atoms with Gasteiger partial charge in [-0.2, -0.15) is 0 Å². The van der Waals surface area contributed by atoms with Gasteiger partial charge in [0.1, 0.15) is 5.44 Å². The second-order valence-electron chi connectivity index (χ2n) is 1.33. The van der Waals surface area contributed by atoms with Gasteiger partial charge in [0, 0.05) is 0 Å². The van der Waals surface area contributed by atoms with Gasteiger partial charge in [-0.3, -0.25) is 0 Å². The Balaban J connectivity index is 2.20. The molecule has 0 N–H and O–H groups in total. The van der Waals surface area contributed by atoms with E-state index in [1.165, 1.54) is 0 Å². The van der Waals surface area contributed by atoms with E-state index in [9.17, 15) is 8.78 Å². The Labute approximate surface area is 45.1 Å². The van der Waals surface area contributed by atoms with Crippen LogP contribution >= 0.6 is 12.6 Å². The third kappa shape index (κ3) is 1.04. The van der Waals surface area contributed by atoms with E-state index in [-0.39, 0.29) is 0 Å². The van der Waals surface area contributed by atoms with Gasteiger partial charge >= 0.3 is 0 Å². The first-order valence-corrected chi connectivity index (χ1v) is 2.35. The van der Waals surface area contributed by atoms with Gasteiger partial charge in [-0.25, -0.2) is 8.78 Å². The molecule has 1 rings (SSSR count). The fourth-order valence-electron chi connectivity index (χ4n) is 0.299. The summed E-state index contributed by atoms with van der Waals surface area (Å²) >= 11 is 3.61. The second-order valence-corrected chi connectivity index (χ2v) is 1.83. The topological polar surface area (TPSA) is 12.5 Å². The number of hydrogen-bond acceptors (Lipinski definition) is 2. The molecule has 0 aromatic heterocycles. The molecule has 1 aliphatic heterocycles. The molecule has 0 amide bonds. The molecule has 1 heterocycles. The van der Waals surface area contributed by atoms with Crippen molar-refractivity contribution in [1.29, 1.82) is 0 Å². The van der Waals surface area contributed by atoms with Gasteiger partial charge in [-0.05, 0) is 0 Å². The Morgan fingerprint density at radius 1 is 1.57 bits per heavy atom. The van der Waals surface area contributed by atoms with Crippen LogP contribution in [-0.4, -0.2) is 18.0 Å². The van der Waals surface area contributed by atoms with Crippen molar-refractivity contribution < 1.29 is 13.5 Å². The average molecular weight is 126 g/mol. The average Bonchev–Trinajstić information content (AvgIpc) is 2.17. The van der Waals surface area contributed by atoms with E-state index in [1.54, 1.807) is 0 Å². The van der Waals surface area contributed by atoms with Crippen molar-refractivity contribution >= 4 is 12.6 Å². The molecule has 0 saturated carbocycles. The first-order chi connectivity index (χ1) is 3.22. The van der Waals surface area contributed by atoms with Crippen LogP contribution in [0.2, 0.25) is 0 Å². The third-order valence-corrected chi connectivity index (χ3v) is 1.16. The standard InChI is InChI=1S/C3H4F2OS/c4-2(5)1-3(7)6-1/h1-3,7H. The number of halogens is 2. The minimum absolute atomic E-state index is 0.514. The van der Waals surface area contributed by atoms with Crippen molar-refractivity contribution in [3.05, 3.63) is 0 Å². The maximum Gasteiger partial charge on any atom is 0.267 e. The van der Waals surface area contributed by atoms with Crippen molar-refractivity contribution in [3.8, 4) is 0 Å². The Morgan fingerprint density at radius 2 is 2.00 bits per heavy atom. The van der Waals surface area contributed by atoms with Gasteiger partial charge in [-0.1, -0.05) is 0 Å². The van der Waals surface area contributed by atoms with E-state index in [2.05, 4.69) is 17.4 Å². The highest BCUT2D eigenvalue weighted by molar-refractivity contribution is 7.81. The summed E-state index contributed by atoms with van der Waals surface area (Å²) in [7, 11) is 0. The van der Waals surface area contributed by atoms with Gasteiger partial charge in [0.15, 0.2) is 6.10 Å². The van der Waals surface area contributed by atoms with Crippen LogP contribution in [0.15, 0.2) is 0 Å². The monoisotopic (exact) mass is 126 g/mol. The zero-order valence-electron chi connectivity index (χ0n) is 3.34. The van der Waals surface area contributed by atoms with E-state index in [1.807, 2.05) is 0 Å². The number of hydrogen-bond donors (Lipinski definition) is 1. The van der Waals surface area contributed by atoms with Crippen LogP contribution in [0.5, 0.6) is 0 Å². The lowest BCUT2D eigenvalue weighted by atomic mass is 10.5. The van der Waals surface area contributed by atoms with Crippen molar-refractivity contribution in [1.82, 2.24) is 0 Å². The predicted octanol–water partition coefficient (Wildman–Crippen LogP) is 0.906. The fraction of sp³-hybridized carbons (Fsp3) is 1.00. The molecule has 7 heavy (non-hydrogen) atoms. The van der Waals surface area contributed by atoms with Gasteiger partial charge in [0.25, 0.3) is 6.43 Å². The number of epoxide rings is 1. The van der Waals surface area contributed by atoms with E-state index >= 15 is 0 Å². The smallest absolute Gasteiger partial charge is 0.267 e. The lowest BCUT2D eigenvalue weighted by Gasteiger charge is -1.83. The minimum atomic E-state index is -2.36. The molecule has 2 unspecified atom stereocenters. The Bertz CT molecular complexity index is 77.3. The summed E-state index contributed by atoms with van der Waals surface area (Å²) in [6, 6.07) is 0. The highest BCUT2D eigenvalue weighted by Crippen LogP contribution is 2.30. The molecule has 1 fully saturated rings. The molecule has 0 aromatic rings. The minimum Gasteiger partial charge on any atom is -0.352 e. The quantitative estimate of drug-likeness (QED) is 0.407. The molecule has 1 saturated heterocycles. The van der Waals surface area contributed by atoms with Crippen LogP contribution in [0.3, 0.4) is 0 Å². The van der Waals surface area contributed by atoms with Crippen LogP contribution < -0.4 is 0 Å². The Kier molecular flexibility index (Phi) is 1.21. The van der Waals surface area contributed by atoms with Gasteiger partial charge in [-0.15, -0.1) is 12.6 Å². The van der Waals surface area contributed by atoms with E-state index in [0.717, 1.165) is 0 Å². The first kappa shape index (κ1) is 5.31. The molecule has 0 radical (unpaired) electrons. The summed E-state index contributed by atoms with van der Waals surface area (Å²) < 4.78 is 26.9. The van der Waals surface area contributed by atoms with Crippen molar-refractivity contribution in [2.75, 3.05) is 0 Å². The molecule has 1 nitrogen and oxygen atoms in total. The largest absolute Gasteiger partial charge is 0.352 e. The van der Waals surface area contributed by atoms with E-state index in [4.69, 9.17) is 0 Å². The van der Waals surface area contributed by atoms with Crippen LogP contribution in [0.25, 0.3) is 0 Å². The van der Waals surface area contributed by atoms with Crippen LogP contribution in [-0.2, 0) is 4.74 Å². The maximum atomic E-state index is 11.3. The first-order valence-electron chi connectivity index (χ1n) is 1.83. The SMILES string of the molecule is FC(F)C1OC1S. The Morgan fingerprint density at radius 3 is 2.00 bits per heavy atom. The molecule has 0 spiro atoms. The number of rotatable bonds is 1. The number of thiol groups is 1. The molecular weight excluding hydrogens is 122 g/mol. The predicted molar refractivity (Wildman–Crippen MR) is 23.7 cm³/mol. The van der Waals surface area contributed by atoms with Crippen LogP contribution in [0.4, 0.5) is 8.78 Å². The normalized spacial score (nSPS) is 39.4. The Hall–Kier alpha value is 0.170. The lowest BCUT2D eigenvalue weighted by molar-refractivity contribution is 0.108. The highest BCUT2D eigenvalue weighted by Gasteiger charge is 2.43. The number of ether oxygens (including phenoxy) is 1. The molecule has 0 aromatic carbocycles.